The monoisotopic (exact) mass is 349 g/mol. The molecule has 25 heavy (non-hydrogen) atoms. The van der Waals surface area contributed by atoms with Gasteiger partial charge >= 0.3 is 0 Å². The average molecular weight is 349 g/mol. The van der Waals surface area contributed by atoms with E-state index in [1.54, 1.807) is 11.8 Å². The maximum absolute atomic E-state index is 5.53. The lowest BCUT2D eigenvalue weighted by Gasteiger charge is -2.32. The van der Waals surface area contributed by atoms with Crippen LogP contribution in [0.25, 0.3) is 6.08 Å². The number of benzene rings is 2. The average Bonchev–Trinajstić information content (AvgIpc) is 2.69. The third-order valence-corrected chi connectivity index (χ3v) is 4.96. The highest BCUT2D eigenvalue weighted by molar-refractivity contribution is 8.02. The van der Waals surface area contributed by atoms with Gasteiger partial charge < -0.3 is 4.74 Å². The van der Waals surface area contributed by atoms with Crippen LogP contribution in [0.5, 0.6) is 0 Å². The molecule has 0 amide bonds. The van der Waals surface area contributed by atoms with Gasteiger partial charge in [-0.05, 0) is 30.0 Å². The first-order chi connectivity index (χ1) is 12.4. The van der Waals surface area contributed by atoms with E-state index in [4.69, 9.17) is 4.74 Å². The summed E-state index contributed by atoms with van der Waals surface area (Å²) < 4.78 is 5.53. The summed E-state index contributed by atoms with van der Waals surface area (Å²) in [5.41, 5.74) is 2.27. The molecule has 0 bridgehead atoms. The van der Waals surface area contributed by atoms with Gasteiger partial charge in [0.1, 0.15) is 6.04 Å². The van der Waals surface area contributed by atoms with Crippen molar-refractivity contribution in [3.8, 4) is 11.8 Å². The Bertz CT molecular complexity index is 740. The van der Waals surface area contributed by atoms with Gasteiger partial charge in [-0.15, -0.1) is 11.8 Å². The van der Waals surface area contributed by atoms with Crippen LogP contribution in [0.2, 0.25) is 0 Å². The van der Waals surface area contributed by atoms with Crippen molar-refractivity contribution in [3.05, 3.63) is 76.7 Å². The zero-order valence-electron chi connectivity index (χ0n) is 14.5. The maximum Gasteiger partial charge on any atom is 0.103 e. The number of morpholine rings is 1. The predicted molar refractivity (Wildman–Crippen MR) is 107 cm³/mol. The summed E-state index contributed by atoms with van der Waals surface area (Å²) in [4.78, 5) is 3.70. The molecule has 1 saturated heterocycles. The first-order valence-corrected chi connectivity index (χ1v) is 9.78. The summed E-state index contributed by atoms with van der Waals surface area (Å²) in [6.07, 6.45) is 4.39. The number of ether oxygens (including phenoxy) is 1. The van der Waals surface area contributed by atoms with Crippen molar-refractivity contribution in [1.29, 1.82) is 0 Å². The van der Waals surface area contributed by atoms with E-state index in [1.807, 2.05) is 24.3 Å². The predicted octanol–water partition coefficient (Wildman–Crippen LogP) is 4.14. The Balaban J connectivity index is 1.91. The highest BCUT2D eigenvalue weighted by Crippen LogP contribution is 2.24. The quantitative estimate of drug-likeness (QED) is 0.770. The second-order valence-electron chi connectivity index (χ2n) is 5.85. The molecule has 3 rings (SSSR count). The van der Waals surface area contributed by atoms with E-state index in [-0.39, 0.29) is 6.04 Å². The van der Waals surface area contributed by atoms with Gasteiger partial charge in [0.25, 0.3) is 0 Å². The van der Waals surface area contributed by atoms with Crippen LogP contribution in [0.1, 0.15) is 11.1 Å². The summed E-state index contributed by atoms with van der Waals surface area (Å²) >= 11 is 1.78. The van der Waals surface area contributed by atoms with E-state index < -0.39 is 0 Å². The van der Waals surface area contributed by atoms with Crippen molar-refractivity contribution in [2.45, 2.75) is 6.04 Å². The van der Waals surface area contributed by atoms with Crippen molar-refractivity contribution in [3.63, 3.8) is 0 Å². The second-order valence-corrected chi connectivity index (χ2v) is 6.73. The minimum absolute atomic E-state index is 0.0966. The van der Waals surface area contributed by atoms with Gasteiger partial charge in [-0.25, -0.2) is 0 Å². The molecular weight excluding hydrogens is 326 g/mol. The molecule has 1 aliphatic heterocycles. The summed E-state index contributed by atoms with van der Waals surface area (Å²) in [5, 5.41) is 0. The van der Waals surface area contributed by atoms with Crippen molar-refractivity contribution in [1.82, 2.24) is 4.90 Å². The van der Waals surface area contributed by atoms with Crippen LogP contribution < -0.4 is 0 Å². The fourth-order valence-electron chi connectivity index (χ4n) is 2.81. The van der Waals surface area contributed by atoms with Crippen molar-refractivity contribution in [2.75, 3.05) is 32.6 Å². The van der Waals surface area contributed by atoms with Crippen LogP contribution in [0.15, 0.2) is 65.6 Å². The highest BCUT2D eigenvalue weighted by atomic mass is 32.2. The normalized spacial score (nSPS) is 16.8. The summed E-state index contributed by atoms with van der Waals surface area (Å²) in [7, 11) is 0. The number of nitrogens with zero attached hydrogens (tertiary/aromatic N) is 1. The molecule has 3 heteroatoms. The first kappa shape index (κ1) is 17.8. The Morgan fingerprint density at radius 2 is 1.68 bits per heavy atom. The number of thioether (sulfide) groups is 1. The van der Waals surface area contributed by atoms with Crippen LogP contribution in [0.3, 0.4) is 0 Å². The summed E-state index contributed by atoms with van der Waals surface area (Å²) in [6, 6.07) is 20.8. The Hall–Kier alpha value is -1.99. The van der Waals surface area contributed by atoms with Gasteiger partial charge in [0.2, 0.25) is 0 Å². The minimum Gasteiger partial charge on any atom is -0.379 e. The summed E-state index contributed by atoms with van der Waals surface area (Å²) in [5.74, 6) is 6.86. The van der Waals surface area contributed by atoms with Crippen LogP contribution in [0, 0.1) is 11.8 Å². The number of rotatable bonds is 4. The van der Waals surface area contributed by atoms with Crippen LogP contribution >= 0.6 is 11.8 Å². The van der Waals surface area contributed by atoms with Crippen LogP contribution in [-0.4, -0.2) is 43.5 Å². The van der Waals surface area contributed by atoms with Gasteiger partial charge in [-0.2, -0.15) is 0 Å². The van der Waals surface area contributed by atoms with Gasteiger partial charge in [-0.3, -0.25) is 4.90 Å². The first-order valence-electron chi connectivity index (χ1n) is 8.56. The van der Waals surface area contributed by atoms with Crippen molar-refractivity contribution >= 4 is 17.8 Å². The lowest BCUT2D eigenvalue weighted by atomic mass is 10.1. The van der Waals surface area contributed by atoms with E-state index >= 15 is 0 Å². The van der Waals surface area contributed by atoms with Crippen molar-refractivity contribution in [2.24, 2.45) is 0 Å². The number of hydrogen-bond donors (Lipinski definition) is 0. The van der Waals surface area contributed by atoms with E-state index in [9.17, 15) is 0 Å². The van der Waals surface area contributed by atoms with Gasteiger partial charge in [-0.1, -0.05) is 60.4 Å². The summed E-state index contributed by atoms with van der Waals surface area (Å²) in [6.45, 7) is 3.38. The molecule has 2 aromatic carbocycles. The van der Waals surface area contributed by atoms with Gasteiger partial charge in [0, 0.05) is 23.6 Å². The zero-order chi connectivity index (χ0) is 17.3. The molecule has 0 spiro atoms. The minimum atomic E-state index is 0.0966. The Labute approximate surface area is 154 Å². The van der Waals surface area contributed by atoms with Crippen molar-refractivity contribution < 1.29 is 4.74 Å². The third kappa shape index (κ3) is 5.24. The molecule has 0 saturated carbocycles. The molecule has 0 radical (unpaired) electrons. The Kier molecular flexibility index (Phi) is 6.76. The molecule has 2 aromatic rings. The van der Waals surface area contributed by atoms with E-state index in [0.717, 1.165) is 31.9 Å². The lowest BCUT2D eigenvalue weighted by molar-refractivity contribution is 0.0340. The standard InChI is InChI=1S/C22H23NOS/c1-25-22(18-20-10-6-3-7-11-20)21(23-14-16-24-17-15-23)13-12-19-8-4-2-5-9-19/h2-11,18,21H,14-17H2,1H3/b22-18-. The molecule has 0 aliphatic carbocycles. The van der Waals surface area contributed by atoms with E-state index in [1.165, 1.54) is 10.5 Å². The molecule has 1 heterocycles. The lowest BCUT2D eigenvalue weighted by Crippen LogP contribution is -2.43. The Morgan fingerprint density at radius 3 is 2.32 bits per heavy atom. The fraction of sp³-hybridized carbons (Fsp3) is 0.273. The molecule has 0 N–H and O–H groups in total. The fourth-order valence-corrected chi connectivity index (χ4v) is 3.50. The Morgan fingerprint density at radius 1 is 1.04 bits per heavy atom. The largest absolute Gasteiger partial charge is 0.379 e. The van der Waals surface area contributed by atoms with Crippen LogP contribution in [0.4, 0.5) is 0 Å². The SMILES string of the molecule is CS/C(=C\c1ccccc1)C(C#Cc1ccccc1)N1CCOCC1. The zero-order valence-corrected chi connectivity index (χ0v) is 15.3. The third-order valence-electron chi connectivity index (χ3n) is 4.15. The second kappa shape index (κ2) is 9.48. The molecule has 1 unspecified atom stereocenters. The molecule has 1 fully saturated rings. The topological polar surface area (TPSA) is 12.5 Å². The smallest absolute Gasteiger partial charge is 0.103 e. The molecule has 1 aliphatic rings. The van der Waals surface area contributed by atoms with Gasteiger partial charge in [0.05, 0.1) is 13.2 Å². The molecule has 0 aromatic heterocycles. The molecule has 128 valence electrons. The number of hydrogen-bond acceptors (Lipinski definition) is 3. The highest BCUT2D eigenvalue weighted by Gasteiger charge is 2.22. The molecule has 1 atom stereocenters. The molecular formula is C22H23NOS. The van der Waals surface area contributed by atoms with E-state index in [0.29, 0.717) is 0 Å². The van der Waals surface area contributed by atoms with Crippen LogP contribution in [-0.2, 0) is 4.74 Å². The molecule has 2 nitrogen and oxygen atoms in total. The van der Waals surface area contributed by atoms with Gasteiger partial charge in [0.15, 0.2) is 0 Å². The van der Waals surface area contributed by atoms with E-state index in [2.05, 4.69) is 65.5 Å². The maximum atomic E-state index is 5.53.